The first-order valence-corrected chi connectivity index (χ1v) is 7.23. The summed E-state index contributed by atoms with van der Waals surface area (Å²) in [5, 5.41) is 9.61. The molecule has 1 aromatic rings. The van der Waals surface area contributed by atoms with Crippen LogP contribution in [0, 0.1) is 0 Å². The molecule has 19 heavy (non-hydrogen) atoms. The number of esters is 1. The molecule has 1 N–H and O–H groups in total. The van der Waals surface area contributed by atoms with Crippen LogP contribution in [-0.2, 0) is 19.6 Å². The highest BCUT2D eigenvalue weighted by atomic mass is 32.2. The fourth-order valence-electron chi connectivity index (χ4n) is 2.13. The van der Waals surface area contributed by atoms with E-state index >= 15 is 0 Å². The number of hydrogen-bond acceptors (Lipinski definition) is 5. The number of methoxy groups -OCH3 is 1. The molecule has 0 bridgehead atoms. The van der Waals surface area contributed by atoms with E-state index in [1.54, 1.807) is 18.2 Å². The van der Waals surface area contributed by atoms with Crippen molar-refractivity contribution in [3.8, 4) is 0 Å². The summed E-state index contributed by atoms with van der Waals surface area (Å²) in [6, 6.07) is 6.85. The molecule has 0 spiro atoms. The maximum absolute atomic E-state index is 12.4. The van der Waals surface area contributed by atoms with Crippen LogP contribution in [0.5, 0.6) is 0 Å². The molecule has 0 radical (unpaired) electrons. The highest BCUT2D eigenvalue weighted by Crippen LogP contribution is 2.26. The number of aliphatic hydroxyl groups excluding tert-OH is 1. The first-order valence-electron chi connectivity index (χ1n) is 5.79. The van der Waals surface area contributed by atoms with Gasteiger partial charge in [-0.05, 0) is 12.1 Å². The molecule has 1 aliphatic heterocycles. The zero-order valence-corrected chi connectivity index (χ0v) is 11.2. The Labute approximate surface area is 111 Å². The van der Waals surface area contributed by atoms with Gasteiger partial charge in [0.1, 0.15) is 6.04 Å². The van der Waals surface area contributed by atoms with Crippen LogP contribution in [0.25, 0.3) is 0 Å². The van der Waals surface area contributed by atoms with E-state index in [0.29, 0.717) is 0 Å². The number of β-amino-alcohol motifs (C(OH)–C–C–N with tert-alkyl or cyclic N) is 1. The molecular weight excluding hydrogens is 270 g/mol. The van der Waals surface area contributed by atoms with Gasteiger partial charge in [-0.3, -0.25) is 4.79 Å². The summed E-state index contributed by atoms with van der Waals surface area (Å²) in [4.78, 5) is 11.7. The van der Waals surface area contributed by atoms with Gasteiger partial charge in [-0.2, -0.15) is 4.31 Å². The minimum absolute atomic E-state index is 0.0543. The van der Waals surface area contributed by atoms with Crippen molar-refractivity contribution in [1.82, 2.24) is 4.31 Å². The van der Waals surface area contributed by atoms with E-state index in [0.717, 1.165) is 4.31 Å². The van der Waals surface area contributed by atoms with E-state index < -0.39 is 28.1 Å². The lowest BCUT2D eigenvalue weighted by atomic mass is 10.2. The predicted octanol–water partition coefficient (Wildman–Crippen LogP) is -0.0165. The molecule has 1 aromatic carbocycles. The minimum atomic E-state index is -3.80. The van der Waals surface area contributed by atoms with Crippen molar-refractivity contribution in [3.63, 3.8) is 0 Å². The van der Waals surface area contributed by atoms with Crippen LogP contribution < -0.4 is 0 Å². The first kappa shape index (κ1) is 14.0. The summed E-state index contributed by atoms with van der Waals surface area (Å²) >= 11 is 0. The summed E-state index contributed by atoms with van der Waals surface area (Å²) < 4.78 is 30.4. The zero-order valence-electron chi connectivity index (χ0n) is 10.4. The van der Waals surface area contributed by atoms with Crippen molar-refractivity contribution in [2.75, 3.05) is 13.7 Å². The molecule has 0 aliphatic carbocycles. The Morgan fingerprint density at radius 2 is 2.00 bits per heavy atom. The Morgan fingerprint density at radius 3 is 2.58 bits per heavy atom. The second-order valence-corrected chi connectivity index (χ2v) is 6.21. The van der Waals surface area contributed by atoms with E-state index in [1.807, 2.05) is 0 Å². The Bertz CT molecular complexity index is 557. The second-order valence-electron chi connectivity index (χ2n) is 4.32. The van der Waals surface area contributed by atoms with Crippen LogP contribution in [-0.4, -0.2) is 49.6 Å². The van der Waals surface area contributed by atoms with Gasteiger partial charge in [0.2, 0.25) is 10.0 Å². The van der Waals surface area contributed by atoms with Crippen LogP contribution in [0.2, 0.25) is 0 Å². The molecule has 1 saturated heterocycles. The lowest BCUT2D eigenvalue weighted by molar-refractivity contribution is -0.144. The van der Waals surface area contributed by atoms with Crippen LogP contribution in [0.4, 0.5) is 0 Å². The predicted molar refractivity (Wildman–Crippen MR) is 66.8 cm³/mol. The topological polar surface area (TPSA) is 83.9 Å². The van der Waals surface area contributed by atoms with Crippen molar-refractivity contribution in [2.24, 2.45) is 0 Å². The Hall–Kier alpha value is -1.44. The Morgan fingerprint density at radius 1 is 1.37 bits per heavy atom. The van der Waals surface area contributed by atoms with Crippen molar-refractivity contribution in [1.29, 1.82) is 0 Å². The Balaban J connectivity index is 2.36. The fraction of sp³-hybridized carbons (Fsp3) is 0.417. The quantitative estimate of drug-likeness (QED) is 0.789. The molecule has 2 atom stereocenters. The molecule has 2 rings (SSSR count). The van der Waals surface area contributed by atoms with Gasteiger partial charge in [-0.1, -0.05) is 18.2 Å². The van der Waals surface area contributed by atoms with Gasteiger partial charge in [0, 0.05) is 13.0 Å². The van der Waals surface area contributed by atoms with Crippen LogP contribution >= 0.6 is 0 Å². The number of carbonyl (C=O) groups is 1. The third kappa shape index (κ3) is 2.63. The summed E-state index contributed by atoms with van der Waals surface area (Å²) in [6.07, 6.45) is -0.804. The average molecular weight is 285 g/mol. The van der Waals surface area contributed by atoms with Crippen LogP contribution in [0.15, 0.2) is 35.2 Å². The number of rotatable bonds is 3. The largest absolute Gasteiger partial charge is 0.468 e. The first-order chi connectivity index (χ1) is 8.96. The maximum atomic E-state index is 12.4. The second kappa shape index (κ2) is 5.28. The SMILES string of the molecule is COC(=O)[C@@H]1CC(O)CN1S(=O)(=O)c1ccccc1. The lowest BCUT2D eigenvalue weighted by Crippen LogP contribution is -2.41. The number of sulfonamides is 1. The number of hydrogen-bond donors (Lipinski definition) is 1. The molecule has 7 heteroatoms. The fourth-order valence-corrected chi connectivity index (χ4v) is 3.78. The zero-order chi connectivity index (χ0) is 14.0. The smallest absolute Gasteiger partial charge is 0.324 e. The normalized spacial score (nSPS) is 24.3. The monoisotopic (exact) mass is 285 g/mol. The third-order valence-corrected chi connectivity index (χ3v) is 4.95. The van der Waals surface area contributed by atoms with Gasteiger partial charge < -0.3 is 9.84 Å². The number of nitrogens with zero attached hydrogens (tertiary/aromatic N) is 1. The molecule has 0 aromatic heterocycles. The molecule has 0 amide bonds. The summed E-state index contributed by atoms with van der Waals surface area (Å²) in [7, 11) is -2.61. The van der Waals surface area contributed by atoms with E-state index in [4.69, 9.17) is 0 Å². The van der Waals surface area contributed by atoms with E-state index in [2.05, 4.69) is 4.74 Å². The standard InChI is InChI=1S/C12H15NO5S/c1-18-12(15)11-7-9(14)8-13(11)19(16,17)10-5-3-2-4-6-10/h2-6,9,11,14H,7-8H2,1H3/t9?,11-/m0/s1. The van der Waals surface area contributed by atoms with Crippen molar-refractivity contribution >= 4 is 16.0 Å². The highest BCUT2D eigenvalue weighted by Gasteiger charge is 2.43. The number of ether oxygens (including phenoxy) is 1. The molecule has 1 heterocycles. The van der Waals surface area contributed by atoms with E-state index in [1.165, 1.54) is 19.2 Å². The van der Waals surface area contributed by atoms with E-state index in [-0.39, 0.29) is 17.9 Å². The van der Waals surface area contributed by atoms with Crippen LogP contribution in [0.3, 0.4) is 0 Å². The molecule has 104 valence electrons. The molecule has 6 nitrogen and oxygen atoms in total. The molecular formula is C12H15NO5S. The van der Waals surface area contributed by atoms with Crippen molar-refractivity contribution in [3.05, 3.63) is 30.3 Å². The maximum Gasteiger partial charge on any atom is 0.324 e. The third-order valence-electron chi connectivity index (χ3n) is 3.06. The van der Waals surface area contributed by atoms with Crippen molar-refractivity contribution in [2.45, 2.75) is 23.5 Å². The van der Waals surface area contributed by atoms with E-state index in [9.17, 15) is 18.3 Å². The summed E-state index contributed by atoms with van der Waals surface area (Å²) in [6.45, 7) is -0.100. The van der Waals surface area contributed by atoms with Gasteiger partial charge in [-0.15, -0.1) is 0 Å². The Kier molecular flexibility index (Phi) is 3.88. The van der Waals surface area contributed by atoms with Gasteiger partial charge >= 0.3 is 5.97 Å². The lowest BCUT2D eigenvalue weighted by Gasteiger charge is -2.21. The minimum Gasteiger partial charge on any atom is -0.468 e. The van der Waals surface area contributed by atoms with Gasteiger partial charge in [0.15, 0.2) is 0 Å². The van der Waals surface area contributed by atoms with Crippen molar-refractivity contribution < 1.29 is 23.1 Å². The van der Waals surface area contributed by atoms with Gasteiger partial charge in [0.05, 0.1) is 18.1 Å². The summed E-state index contributed by atoms with van der Waals surface area (Å²) in [5.74, 6) is -0.656. The molecule has 1 fully saturated rings. The van der Waals surface area contributed by atoms with Gasteiger partial charge in [-0.25, -0.2) is 8.42 Å². The number of carbonyl (C=O) groups excluding carboxylic acids is 1. The molecule has 1 unspecified atom stereocenters. The van der Waals surface area contributed by atoms with Crippen LogP contribution in [0.1, 0.15) is 6.42 Å². The summed E-state index contributed by atoms with van der Waals surface area (Å²) in [5.41, 5.74) is 0. The molecule has 0 saturated carbocycles. The number of aliphatic hydroxyl groups is 1. The highest BCUT2D eigenvalue weighted by molar-refractivity contribution is 7.89. The number of benzene rings is 1. The average Bonchev–Trinajstić information content (AvgIpc) is 2.81. The van der Waals surface area contributed by atoms with Gasteiger partial charge in [0.25, 0.3) is 0 Å². The molecule has 1 aliphatic rings.